The third-order valence-corrected chi connectivity index (χ3v) is 4.48. The van der Waals surface area contributed by atoms with Gasteiger partial charge in [0, 0.05) is 30.6 Å². The molecule has 0 aliphatic carbocycles. The van der Waals surface area contributed by atoms with Crippen molar-refractivity contribution in [3.05, 3.63) is 64.0 Å². The molecule has 3 rings (SSSR count). The molecule has 1 aromatic heterocycles. The highest BCUT2D eigenvalue weighted by atomic mass is 16.5. The van der Waals surface area contributed by atoms with E-state index in [1.165, 1.54) is 12.1 Å². The fourth-order valence-corrected chi connectivity index (χ4v) is 3.08. The zero-order valence-corrected chi connectivity index (χ0v) is 15.7. The van der Waals surface area contributed by atoms with Gasteiger partial charge in [0.05, 0.1) is 14.2 Å². The zero-order chi connectivity index (χ0) is 19.4. The molecule has 0 amide bonds. The van der Waals surface area contributed by atoms with Gasteiger partial charge in [-0.25, -0.2) is 4.79 Å². The number of likely N-dealkylation sites (N-methyl/N-ethyl adjacent to an activating group) is 1. The number of aromatic hydroxyl groups is 1. The van der Waals surface area contributed by atoms with Gasteiger partial charge in [0.1, 0.15) is 11.3 Å². The highest BCUT2D eigenvalue weighted by molar-refractivity contribution is 5.81. The van der Waals surface area contributed by atoms with E-state index in [9.17, 15) is 9.90 Å². The molecule has 27 heavy (non-hydrogen) atoms. The lowest BCUT2D eigenvalue weighted by Crippen LogP contribution is -2.21. The molecule has 142 valence electrons. The van der Waals surface area contributed by atoms with Crippen LogP contribution in [0.5, 0.6) is 17.2 Å². The number of fused-ring (bicyclic) bond motifs is 1. The number of rotatable bonds is 7. The summed E-state index contributed by atoms with van der Waals surface area (Å²) in [7, 11) is 5.24. The lowest BCUT2D eigenvalue weighted by Gasteiger charge is -2.18. The Balaban J connectivity index is 1.72. The Morgan fingerprint density at radius 2 is 1.81 bits per heavy atom. The Morgan fingerprint density at radius 1 is 1.04 bits per heavy atom. The standard InChI is InChI=1S/C21H23NO5/c1-22(9-8-14-4-7-18(25-2)20(10-14)26-3)13-15-11-21(24)27-19-12-16(23)5-6-17(15)19/h4-7,10-12,23H,8-9,13H2,1-3H3. The maximum absolute atomic E-state index is 11.8. The molecule has 0 aliphatic rings. The van der Waals surface area contributed by atoms with Crippen LogP contribution in [-0.4, -0.2) is 37.8 Å². The number of phenols is 1. The van der Waals surface area contributed by atoms with Crippen LogP contribution in [0.25, 0.3) is 11.0 Å². The number of phenolic OH excluding ortho intramolecular Hbond substituents is 1. The van der Waals surface area contributed by atoms with Crippen LogP contribution in [0, 0.1) is 0 Å². The second-order valence-corrected chi connectivity index (χ2v) is 6.45. The van der Waals surface area contributed by atoms with Crippen LogP contribution in [-0.2, 0) is 13.0 Å². The van der Waals surface area contributed by atoms with Gasteiger partial charge in [0.2, 0.25) is 0 Å². The maximum Gasteiger partial charge on any atom is 0.336 e. The fraction of sp³-hybridized carbons (Fsp3) is 0.286. The van der Waals surface area contributed by atoms with E-state index in [0.29, 0.717) is 23.6 Å². The minimum atomic E-state index is -0.420. The molecule has 1 heterocycles. The predicted molar refractivity (Wildman–Crippen MR) is 104 cm³/mol. The van der Waals surface area contributed by atoms with E-state index in [4.69, 9.17) is 13.9 Å². The maximum atomic E-state index is 11.8. The fourth-order valence-electron chi connectivity index (χ4n) is 3.08. The summed E-state index contributed by atoms with van der Waals surface area (Å²) in [4.78, 5) is 14.0. The molecule has 6 heteroatoms. The number of methoxy groups -OCH3 is 2. The first kappa shape index (κ1) is 18.8. The Morgan fingerprint density at radius 3 is 2.56 bits per heavy atom. The van der Waals surface area contributed by atoms with E-state index < -0.39 is 5.63 Å². The normalized spacial score (nSPS) is 11.1. The smallest absolute Gasteiger partial charge is 0.336 e. The van der Waals surface area contributed by atoms with Gasteiger partial charge >= 0.3 is 5.63 Å². The van der Waals surface area contributed by atoms with Crippen molar-refractivity contribution in [2.24, 2.45) is 0 Å². The molecule has 0 spiro atoms. The van der Waals surface area contributed by atoms with E-state index in [1.807, 2.05) is 25.2 Å². The average molecular weight is 369 g/mol. The molecular weight excluding hydrogens is 346 g/mol. The highest BCUT2D eigenvalue weighted by Crippen LogP contribution is 2.28. The first-order valence-corrected chi connectivity index (χ1v) is 8.65. The first-order valence-electron chi connectivity index (χ1n) is 8.65. The molecule has 0 bridgehead atoms. The van der Waals surface area contributed by atoms with Crippen molar-refractivity contribution in [2.45, 2.75) is 13.0 Å². The van der Waals surface area contributed by atoms with Crippen molar-refractivity contribution in [1.82, 2.24) is 4.90 Å². The van der Waals surface area contributed by atoms with Crippen LogP contribution in [0.2, 0.25) is 0 Å². The van der Waals surface area contributed by atoms with Gasteiger partial charge in [0.15, 0.2) is 11.5 Å². The van der Waals surface area contributed by atoms with Crippen LogP contribution < -0.4 is 15.1 Å². The SMILES string of the molecule is COc1ccc(CCN(C)Cc2cc(=O)oc3cc(O)ccc23)cc1OC. The van der Waals surface area contributed by atoms with Crippen LogP contribution in [0.3, 0.4) is 0 Å². The molecule has 0 saturated heterocycles. The van der Waals surface area contributed by atoms with Crippen LogP contribution >= 0.6 is 0 Å². The minimum absolute atomic E-state index is 0.0737. The highest BCUT2D eigenvalue weighted by Gasteiger charge is 2.10. The number of hydrogen-bond acceptors (Lipinski definition) is 6. The quantitative estimate of drug-likeness (QED) is 0.645. The average Bonchev–Trinajstić information content (AvgIpc) is 2.65. The van der Waals surface area contributed by atoms with Crippen molar-refractivity contribution in [3.8, 4) is 17.2 Å². The second-order valence-electron chi connectivity index (χ2n) is 6.45. The van der Waals surface area contributed by atoms with Crippen molar-refractivity contribution in [3.63, 3.8) is 0 Å². The van der Waals surface area contributed by atoms with Crippen molar-refractivity contribution in [1.29, 1.82) is 0 Å². The molecule has 0 radical (unpaired) electrons. The topological polar surface area (TPSA) is 72.1 Å². The van der Waals surface area contributed by atoms with Crippen molar-refractivity contribution >= 4 is 11.0 Å². The summed E-state index contributed by atoms with van der Waals surface area (Å²) in [6, 6.07) is 12.2. The Bertz CT molecular complexity index is 996. The number of hydrogen-bond donors (Lipinski definition) is 1. The Kier molecular flexibility index (Phi) is 5.66. The van der Waals surface area contributed by atoms with Gasteiger partial charge in [-0.3, -0.25) is 0 Å². The predicted octanol–water partition coefficient (Wildman–Crippen LogP) is 3.19. The van der Waals surface area contributed by atoms with Crippen LogP contribution in [0.1, 0.15) is 11.1 Å². The summed E-state index contributed by atoms with van der Waals surface area (Å²) in [6.45, 7) is 1.40. The number of ether oxygens (including phenoxy) is 2. The van der Waals surface area contributed by atoms with Gasteiger partial charge in [-0.2, -0.15) is 0 Å². The summed E-state index contributed by atoms with van der Waals surface area (Å²) >= 11 is 0. The third kappa shape index (κ3) is 4.41. The molecule has 0 fully saturated rings. The van der Waals surface area contributed by atoms with E-state index in [0.717, 1.165) is 29.5 Å². The lowest BCUT2D eigenvalue weighted by molar-refractivity contribution is 0.330. The first-order chi connectivity index (χ1) is 13.0. The molecule has 2 aromatic carbocycles. The van der Waals surface area contributed by atoms with E-state index in [1.54, 1.807) is 26.4 Å². The molecule has 3 aromatic rings. The molecule has 6 nitrogen and oxygen atoms in total. The van der Waals surface area contributed by atoms with Gasteiger partial charge in [-0.1, -0.05) is 6.07 Å². The minimum Gasteiger partial charge on any atom is -0.508 e. The molecule has 0 unspecified atom stereocenters. The molecular formula is C21H23NO5. The Hall–Kier alpha value is -2.99. The Labute approximate surface area is 157 Å². The van der Waals surface area contributed by atoms with Gasteiger partial charge in [-0.15, -0.1) is 0 Å². The number of benzene rings is 2. The second kappa shape index (κ2) is 8.14. The van der Waals surface area contributed by atoms with E-state index in [2.05, 4.69) is 4.90 Å². The number of nitrogens with zero attached hydrogens (tertiary/aromatic N) is 1. The summed E-state index contributed by atoms with van der Waals surface area (Å²) in [5, 5.41) is 10.4. The molecule has 0 saturated carbocycles. The largest absolute Gasteiger partial charge is 0.508 e. The zero-order valence-electron chi connectivity index (χ0n) is 15.7. The van der Waals surface area contributed by atoms with Gasteiger partial charge in [-0.05, 0) is 48.9 Å². The summed E-state index contributed by atoms with van der Waals surface area (Å²) < 4.78 is 15.8. The molecule has 0 aliphatic heterocycles. The van der Waals surface area contributed by atoms with Crippen LogP contribution in [0.15, 0.2) is 51.7 Å². The molecule has 1 N–H and O–H groups in total. The van der Waals surface area contributed by atoms with Crippen molar-refractivity contribution < 1.29 is 19.0 Å². The van der Waals surface area contributed by atoms with Gasteiger partial charge < -0.3 is 23.9 Å². The third-order valence-electron chi connectivity index (χ3n) is 4.48. The van der Waals surface area contributed by atoms with Gasteiger partial charge in [0.25, 0.3) is 0 Å². The lowest BCUT2D eigenvalue weighted by atomic mass is 10.1. The van der Waals surface area contributed by atoms with E-state index in [-0.39, 0.29) is 5.75 Å². The summed E-state index contributed by atoms with van der Waals surface area (Å²) in [6.07, 6.45) is 0.830. The summed E-state index contributed by atoms with van der Waals surface area (Å²) in [5.74, 6) is 1.49. The molecule has 0 atom stereocenters. The summed E-state index contributed by atoms with van der Waals surface area (Å²) in [5.41, 5.74) is 1.99. The van der Waals surface area contributed by atoms with E-state index >= 15 is 0 Å². The monoisotopic (exact) mass is 369 g/mol. The van der Waals surface area contributed by atoms with Crippen molar-refractivity contribution in [2.75, 3.05) is 27.8 Å². The van der Waals surface area contributed by atoms with Crippen LogP contribution in [0.4, 0.5) is 0 Å².